The predicted octanol–water partition coefficient (Wildman–Crippen LogP) is 15.1. The third kappa shape index (κ3) is 54.8. The summed E-state index contributed by atoms with van der Waals surface area (Å²) in [4.78, 5) is 37.2. The van der Waals surface area contributed by atoms with Crippen molar-refractivity contribution in [3.8, 4) is 0 Å². The number of likely N-dealkylation sites (N-methyl/N-ethyl adjacent to an activating group) is 1. The molecule has 0 fully saturated rings. The molecule has 0 saturated carbocycles. The van der Waals surface area contributed by atoms with Crippen LogP contribution in [0.5, 0.6) is 0 Å². The minimum Gasteiger partial charge on any atom is -0.545 e. The van der Waals surface area contributed by atoms with Gasteiger partial charge in [0.15, 0.2) is 12.4 Å². The third-order valence-electron chi connectivity index (χ3n) is 11.1. The third-order valence-corrected chi connectivity index (χ3v) is 11.1. The van der Waals surface area contributed by atoms with E-state index in [1.54, 1.807) is 0 Å². The molecule has 0 spiro atoms. The molecule has 0 N–H and O–H groups in total. The van der Waals surface area contributed by atoms with Gasteiger partial charge in [0.05, 0.1) is 40.3 Å². The fraction of sp³-hybridized carbons (Fsp3) is 0.578. The first-order valence-electron chi connectivity index (χ1n) is 28.0. The van der Waals surface area contributed by atoms with Crippen LogP contribution >= 0.6 is 0 Å². The quantitative estimate of drug-likeness (QED) is 0.0195. The molecule has 0 radical (unpaired) electrons. The summed E-state index contributed by atoms with van der Waals surface area (Å²) in [6.45, 7) is 4.42. The molecule has 410 valence electrons. The smallest absolute Gasteiger partial charge is 0.306 e. The highest BCUT2D eigenvalue weighted by Crippen LogP contribution is 2.13. The maximum Gasteiger partial charge on any atom is 0.306 e. The number of carboxylic acids is 1. The molecule has 9 heteroatoms. The molecule has 0 aliphatic rings. The van der Waals surface area contributed by atoms with Crippen LogP contribution < -0.4 is 5.11 Å². The molecule has 0 aromatic heterocycles. The van der Waals surface area contributed by atoms with Gasteiger partial charge >= 0.3 is 11.9 Å². The number of quaternary nitrogens is 1. The zero-order valence-corrected chi connectivity index (χ0v) is 46.4. The Balaban J connectivity index is 4.31. The molecular formula is C64H101NO8. The molecule has 2 unspecified atom stereocenters. The van der Waals surface area contributed by atoms with Crippen LogP contribution in [-0.4, -0.2) is 82.3 Å². The van der Waals surface area contributed by atoms with Gasteiger partial charge in [0, 0.05) is 12.8 Å². The van der Waals surface area contributed by atoms with Crippen LogP contribution in [0.25, 0.3) is 0 Å². The van der Waals surface area contributed by atoms with Crippen molar-refractivity contribution >= 4 is 17.9 Å². The van der Waals surface area contributed by atoms with Gasteiger partial charge in [0.1, 0.15) is 13.2 Å². The SMILES string of the molecule is CC/C=C\C/C=C\C/C=C\C/C=C\C/C=C\C/C=C\C/C=C\C/C=C\CCCCCCCCCCC(=O)OC(COC(=O)CCCC/C=C\C/C=C\C/C=C\C/C=C\CC)COC(OCC[N+](C)(C)C)C(=O)[O-]. The Kier molecular flexibility index (Phi) is 49.9. The number of esters is 2. The Morgan fingerprint density at radius 1 is 0.411 bits per heavy atom. The van der Waals surface area contributed by atoms with E-state index in [0.717, 1.165) is 116 Å². The lowest BCUT2D eigenvalue weighted by atomic mass is 10.1. The van der Waals surface area contributed by atoms with Gasteiger partial charge < -0.3 is 33.3 Å². The highest BCUT2D eigenvalue weighted by molar-refractivity contribution is 5.70. The Bertz CT molecular complexity index is 1700. The fourth-order valence-corrected chi connectivity index (χ4v) is 6.83. The summed E-state index contributed by atoms with van der Waals surface area (Å²) in [5, 5.41) is 11.8. The number of carbonyl (C=O) groups excluding carboxylic acids is 3. The number of ether oxygens (including phenoxy) is 4. The monoisotopic (exact) mass is 1010 g/mol. The second-order valence-electron chi connectivity index (χ2n) is 19.1. The number of nitrogens with zero attached hydrogens (tertiary/aromatic N) is 1. The molecule has 0 amide bonds. The maximum atomic E-state index is 12.8. The number of aliphatic carboxylic acids is 1. The van der Waals surface area contributed by atoms with Crippen molar-refractivity contribution in [2.75, 3.05) is 47.5 Å². The molecule has 73 heavy (non-hydrogen) atoms. The van der Waals surface area contributed by atoms with Crippen LogP contribution in [0.3, 0.4) is 0 Å². The fourth-order valence-electron chi connectivity index (χ4n) is 6.83. The number of hydrogen-bond acceptors (Lipinski definition) is 8. The normalized spacial score (nSPS) is 13.9. The van der Waals surface area contributed by atoms with Gasteiger partial charge in [-0.2, -0.15) is 0 Å². The highest BCUT2D eigenvalue weighted by Gasteiger charge is 2.21. The lowest BCUT2D eigenvalue weighted by molar-refractivity contribution is -0.870. The van der Waals surface area contributed by atoms with Crippen LogP contribution in [0.15, 0.2) is 146 Å². The summed E-state index contributed by atoms with van der Waals surface area (Å²) < 4.78 is 22.6. The Labute approximate surface area is 445 Å². The van der Waals surface area contributed by atoms with Gasteiger partial charge in [-0.25, -0.2) is 0 Å². The van der Waals surface area contributed by atoms with E-state index < -0.39 is 30.3 Å². The lowest BCUT2D eigenvalue weighted by Crippen LogP contribution is -2.44. The molecule has 0 aromatic carbocycles. The van der Waals surface area contributed by atoms with E-state index in [9.17, 15) is 19.5 Å². The van der Waals surface area contributed by atoms with Crippen LogP contribution in [0.1, 0.15) is 181 Å². The molecular weight excluding hydrogens is 911 g/mol. The average Bonchev–Trinajstić information content (AvgIpc) is 3.36. The Morgan fingerprint density at radius 3 is 1.12 bits per heavy atom. The summed E-state index contributed by atoms with van der Waals surface area (Å²) in [6.07, 6.45) is 74.7. The van der Waals surface area contributed by atoms with Crippen molar-refractivity contribution in [3.05, 3.63) is 146 Å². The van der Waals surface area contributed by atoms with Crippen molar-refractivity contribution in [2.45, 2.75) is 193 Å². The number of carboxylic acid groups (broad SMARTS) is 1. The second-order valence-corrected chi connectivity index (χ2v) is 19.1. The number of hydrogen-bond donors (Lipinski definition) is 0. The number of carbonyl (C=O) groups is 3. The molecule has 0 bridgehead atoms. The summed E-state index contributed by atoms with van der Waals surface area (Å²) in [7, 11) is 5.89. The standard InChI is InChI=1S/C64H101NO8/c1-6-8-10-12-14-16-18-20-22-23-24-25-26-27-28-29-30-31-32-33-34-35-36-37-38-39-41-43-45-47-49-51-53-55-62(67)73-60(59-72-64(63(68)69)70-57-56-65(3,4)5)58-71-61(66)54-52-50-48-46-44-42-40-21-19-17-15-13-11-9-7-2/h8-11,14-17,20-22,24-25,27-28,30-31,33-34,36-37,40,44,46,60,64H,6-7,12-13,18-19,23,26,29,32,35,38-39,41-43,45,47-59H2,1-5H3/b10-8-,11-9-,16-14-,17-15-,22-20-,25-24-,28-27-,31-30-,34-33-,37-36-,40-21-,46-44-. The molecule has 0 rings (SSSR count). The summed E-state index contributed by atoms with van der Waals surface area (Å²) >= 11 is 0. The first kappa shape index (κ1) is 68.2. The summed E-state index contributed by atoms with van der Waals surface area (Å²) in [6, 6.07) is 0. The van der Waals surface area contributed by atoms with Crippen LogP contribution in [0, 0.1) is 0 Å². The van der Waals surface area contributed by atoms with E-state index >= 15 is 0 Å². The van der Waals surface area contributed by atoms with Crippen LogP contribution in [0.4, 0.5) is 0 Å². The van der Waals surface area contributed by atoms with Crippen LogP contribution in [-0.2, 0) is 33.3 Å². The number of allylic oxidation sites excluding steroid dienone is 24. The number of unbranched alkanes of at least 4 members (excludes halogenated alkanes) is 10. The van der Waals surface area contributed by atoms with E-state index in [0.29, 0.717) is 23.9 Å². The lowest BCUT2D eigenvalue weighted by Gasteiger charge is -2.26. The zero-order valence-electron chi connectivity index (χ0n) is 46.4. The molecule has 2 atom stereocenters. The van der Waals surface area contributed by atoms with Crippen molar-refractivity contribution in [3.63, 3.8) is 0 Å². The van der Waals surface area contributed by atoms with E-state index in [1.807, 2.05) is 21.1 Å². The van der Waals surface area contributed by atoms with Gasteiger partial charge in [0.25, 0.3) is 0 Å². The maximum absolute atomic E-state index is 12.8. The second kappa shape index (κ2) is 53.5. The van der Waals surface area contributed by atoms with Gasteiger partial charge in [-0.15, -0.1) is 0 Å². The molecule has 9 nitrogen and oxygen atoms in total. The molecule has 0 aliphatic heterocycles. The molecule has 0 saturated heterocycles. The van der Waals surface area contributed by atoms with Gasteiger partial charge in [-0.3, -0.25) is 9.59 Å². The van der Waals surface area contributed by atoms with Crippen molar-refractivity contribution < 1.29 is 42.9 Å². The van der Waals surface area contributed by atoms with Crippen molar-refractivity contribution in [1.82, 2.24) is 0 Å². The average molecular weight is 1010 g/mol. The largest absolute Gasteiger partial charge is 0.545 e. The van der Waals surface area contributed by atoms with E-state index in [-0.39, 0.29) is 32.7 Å². The first-order chi connectivity index (χ1) is 35.6. The zero-order chi connectivity index (χ0) is 53.4. The predicted molar refractivity (Wildman–Crippen MR) is 306 cm³/mol. The Hall–Kier alpha value is -4.83. The highest BCUT2D eigenvalue weighted by atomic mass is 16.7. The van der Waals surface area contributed by atoms with E-state index in [2.05, 4.69) is 160 Å². The molecule has 0 heterocycles. The van der Waals surface area contributed by atoms with Gasteiger partial charge in [-0.1, -0.05) is 198 Å². The summed E-state index contributed by atoms with van der Waals surface area (Å²) in [5.41, 5.74) is 0. The topological polar surface area (TPSA) is 111 Å². The first-order valence-corrected chi connectivity index (χ1v) is 28.0. The number of rotatable bonds is 49. The van der Waals surface area contributed by atoms with E-state index in [1.165, 1.54) is 25.7 Å². The van der Waals surface area contributed by atoms with Gasteiger partial charge in [0.2, 0.25) is 0 Å². The molecule has 0 aliphatic carbocycles. The van der Waals surface area contributed by atoms with Gasteiger partial charge in [-0.05, 0) is 116 Å². The minimum atomic E-state index is -1.64. The Morgan fingerprint density at radius 2 is 0.740 bits per heavy atom. The van der Waals surface area contributed by atoms with E-state index in [4.69, 9.17) is 18.9 Å². The van der Waals surface area contributed by atoms with Crippen molar-refractivity contribution in [1.29, 1.82) is 0 Å². The van der Waals surface area contributed by atoms with Crippen LogP contribution in [0.2, 0.25) is 0 Å². The van der Waals surface area contributed by atoms with Crippen molar-refractivity contribution in [2.24, 2.45) is 0 Å². The molecule has 0 aromatic rings. The minimum absolute atomic E-state index is 0.131. The summed E-state index contributed by atoms with van der Waals surface area (Å²) in [5.74, 6) is -2.37.